The fraction of sp³-hybridized carbons (Fsp3) is 0.231. The summed E-state index contributed by atoms with van der Waals surface area (Å²) >= 11 is 0. The molecule has 3 nitrogen and oxygen atoms in total. The number of rotatable bonds is 6. The Hall–Kier alpha value is -3.20. The zero-order valence-electron chi connectivity index (χ0n) is 17.5. The van der Waals surface area contributed by atoms with Crippen LogP contribution in [0.5, 0.6) is 0 Å². The number of nitrogens with one attached hydrogen (secondary N) is 2. The largest absolute Gasteiger partial charge is 0.284 e. The smallest absolute Gasteiger partial charge is 0.138 e. The van der Waals surface area contributed by atoms with Gasteiger partial charge in [-0.05, 0) is 54.5 Å². The van der Waals surface area contributed by atoms with Crippen molar-refractivity contribution in [1.29, 1.82) is 10.8 Å². The number of allylic oxidation sites excluding steroid dienone is 3. The van der Waals surface area contributed by atoms with E-state index in [4.69, 9.17) is 10.8 Å². The Morgan fingerprint density at radius 1 is 1.00 bits per heavy atom. The minimum Gasteiger partial charge on any atom is -0.284 e. The Labute approximate surface area is 174 Å². The Morgan fingerprint density at radius 2 is 1.66 bits per heavy atom. The van der Waals surface area contributed by atoms with Crippen LogP contribution in [0.4, 0.5) is 5.69 Å². The van der Waals surface area contributed by atoms with Crippen molar-refractivity contribution in [2.24, 2.45) is 0 Å². The Kier molecular flexibility index (Phi) is 6.28. The van der Waals surface area contributed by atoms with Gasteiger partial charge in [-0.15, -0.1) is 0 Å². The van der Waals surface area contributed by atoms with Gasteiger partial charge in [-0.25, -0.2) is 0 Å². The summed E-state index contributed by atoms with van der Waals surface area (Å²) in [5.74, 6) is 0.697. The maximum atomic E-state index is 9.09. The molecule has 0 spiro atoms. The van der Waals surface area contributed by atoms with Gasteiger partial charge in [0.05, 0.1) is 5.69 Å². The zero-order valence-corrected chi connectivity index (χ0v) is 17.5. The average molecular weight is 384 g/mol. The van der Waals surface area contributed by atoms with Gasteiger partial charge in [-0.3, -0.25) is 15.7 Å². The van der Waals surface area contributed by atoms with Crippen molar-refractivity contribution in [2.75, 3.05) is 4.90 Å². The van der Waals surface area contributed by atoms with E-state index in [9.17, 15) is 0 Å². The summed E-state index contributed by atoms with van der Waals surface area (Å²) in [7, 11) is 0. The molecule has 0 aromatic heterocycles. The van der Waals surface area contributed by atoms with E-state index >= 15 is 0 Å². The van der Waals surface area contributed by atoms with Crippen molar-refractivity contribution < 1.29 is 0 Å². The van der Waals surface area contributed by atoms with E-state index in [1.807, 2.05) is 35.2 Å². The Balaban J connectivity index is 2.16. The molecule has 148 valence electrons. The summed E-state index contributed by atoms with van der Waals surface area (Å²) in [6.07, 6.45) is 8.32. The van der Waals surface area contributed by atoms with Crippen LogP contribution in [-0.2, 0) is 12.8 Å². The normalized spacial score (nSPS) is 12.9. The third-order valence-electron chi connectivity index (χ3n) is 5.37. The molecule has 0 bridgehead atoms. The van der Waals surface area contributed by atoms with Crippen molar-refractivity contribution >= 4 is 23.4 Å². The summed E-state index contributed by atoms with van der Waals surface area (Å²) in [5, 5.41) is 18.1. The summed E-state index contributed by atoms with van der Waals surface area (Å²) < 4.78 is 0. The second kappa shape index (κ2) is 8.87. The van der Waals surface area contributed by atoms with Crippen LogP contribution < -0.4 is 4.90 Å². The highest BCUT2D eigenvalue weighted by molar-refractivity contribution is 6.28. The van der Waals surface area contributed by atoms with Crippen LogP contribution in [0.1, 0.15) is 49.4 Å². The monoisotopic (exact) mass is 383 g/mol. The molecule has 29 heavy (non-hydrogen) atoms. The molecule has 2 aromatic carbocycles. The topological polar surface area (TPSA) is 50.9 Å². The SMILES string of the molecule is C=Cc1cccc(C(=N)N(C(=N)C2=CC=C(C)C2)c2c(CC)cccc2CC)c1. The van der Waals surface area contributed by atoms with Gasteiger partial charge in [0.2, 0.25) is 0 Å². The van der Waals surface area contributed by atoms with Gasteiger partial charge in [-0.1, -0.05) is 80.6 Å². The van der Waals surface area contributed by atoms with Crippen LogP contribution in [0.15, 0.2) is 72.3 Å². The highest BCUT2D eigenvalue weighted by Gasteiger charge is 2.26. The second-order valence-corrected chi connectivity index (χ2v) is 7.38. The zero-order chi connectivity index (χ0) is 21.0. The first-order chi connectivity index (χ1) is 14.0. The van der Waals surface area contributed by atoms with Crippen molar-refractivity contribution in [3.63, 3.8) is 0 Å². The van der Waals surface area contributed by atoms with Gasteiger partial charge < -0.3 is 0 Å². The van der Waals surface area contributed by atoms with Gasteiger partial charge in [-0.2, -0.15) is 0 Å². The minimum atomic E-state index is 0.319. The molecule has 0 amide bonds. The lowest BCUT2D eigenvalue weighted by molar-refractivity contribution is 1.06. The van der Waals surface area contributed by atoms with Gasteiger partial charge in [0.1, 0.15) is 11.7 Å². The molecule has 0 radical (unpaired) electrons. The fourth-order valence-electron chi connectivity index (χ4n) is 3.75. The van der Waals surface area contributed by atoms with Crippen LogP contribution in [-0.4, -0.2) is 11.7 Å². The van der Waals surface area contributed by atoms with E-state index < -0.39 is 0 Å². The summed E-state index contributed by atoms with van der Waals surface area (Å²) in [4.78, 5) is 1.83. The first-order valence-electron chi connectivity index (χ1n) is 10.2. The van der Waals surface area contributed by atoms with Gasteiger partial charge in [0.25, 0.3) is 0 Å². The average Bonchev–Trinajstić information content (AvgIpc) is 3.20. The Bertz CT molecular complexity index is 1000. The van der Waals surface area contributed by atoms with Crippen LogP contribution in [0.25, 0.3) is 6.08 Å². The number of para-hydroxylation sites is 1. The predicted octanol–water partition coefficient (Wildman–Crippen LogP) is 6.54. The molecule has 1 aliphatic carbocycles. The molecule has 0 atom stereocenters. The standard InChI is InChI=1S/C26H29N3/c1-5-19-10-8-13-22(17-19)25(27)29(26(28)23-15-14-18(4)16-23)24-20(6-2)11-9-12-21(24)7-3/h5,8-15,17,27-28H,1,6-7,16H2,2-4H3. The quantitative estimate of drug-likeness (QED) is 0.432. The lowest BCUT2D eigenvalue weighted by atomic mass is 9.99. The molecular formula is C26H29N3. The van der Waals surface area contributed by atoms with E-state index in [1.165, 1.54) is 5.57 Å². The van der Waals surface area contributed by atoms with Crippen molar-refractivity contribution in [3.05, 3.63) is 94.6 Å². The van der Waals surface area contributed by atoms with Crippen molar-refractivity contribution in [1.82, 2.24) is 0 Å². The Morgan fingerprint density at radius 3 is 2.21 bits per heavy atom. The number of anilines is 1. The molecule has 0 aliphatic heterocycles. The maximum absolute atomic E-state index is 9.09. The minimum absolute atomic E-state index is 0.319. The molecule has 1 aliphatic rings. The molecule has 0 fully saturated rings. The molecule has 0 saturated carbocycles. The molecule has 2 aromatic rings. The molecule has 0 saturated heterocycles. The van der Waals surface area contributed by atoms with E-state index in [0.29, 0.717) is 11.7 Å². The summed E-state index contributed by atoms with van der Waals surface area (Å²) in [6, 6.07) is 14.1. The fourth-order valence-corrected chi connectivity index (χ4v) is 3.75. The number of hydrogen-bond donors (Lipinski definition) is 2. The molecular weight excluding hydrogens is 354 g/mol. The van der Waals surface area contributed by atoms with Gasteiger partial charge >= 0.3 is 0 Å². The first kappa shape index (κ1) is 20.5. The van der Waals surface area contributed by atoms with E-state index in [2.05, 4.69) is 51.6 Å². The number of hydrogen-bond acceptors (Lipinski definition) is 2. The maximum Gasteiger partial charge on any atom is 0.138 e. The molecule has 3 rings (SSSR count). The van der Waals surface area contributed by atoms with Gasteiger partial charge in [0, 0.05) is 5.56 Å². The van der Waals surface area contributed by atoms with Crippen LogP contribution in [0.2, 0.25) is 0 Å². The number of amidine groups is 2. The lowest BCUT2D eigenvalue weighted by Crippen LogP contribution is -2.39. The number of aryl methyl sites for hydroxylation is 2. The second-order valence-electron chi connectivity index (χ2n) is 7.38. The van der Waals surface area contributed by atoms with Crippen LogP contribution in [0.3, 0.4) is 0 Å². The third-order valence-corrected chi connectivity index (χ3v) is 5.37. The number of nitrogens with zero attached hydrogens (tertiary/aromatic N) is 1. The predicted molar refractivity (Wildman–Crippen MR) is 125 cm³/mol. The van der Waals surface area contributed by atoms with Crippen LogP contribution >= 0.6 is 0 Å². The first-order valence-corrected chi connectivity index (χ1v) is 10.2. The molecule has 0 unspecified atom stereocenters. The van der Waals surface area contributed by atoms with Crippen molar-refractivity contribution in [3.8, 4) is 0 Å². The molecule has 2 N–H and O–H groups in total. The highest BCUT2D eigenvalue weighted by atomic mass is 15.2. The third kappa shape index (κ3) is 4.14. The molecule has 3 heteroatoms. The highest BCUT2D eigenvalue weighted by Crippen LogP contribution is 2.32. The van der Waals surface area contributed by atoms with E-state index in [1.54, 1.807) is 6.08 Å². The van der Waals surface area contributed by atoms with E-state index in [-0.39, 0.29) is 0 Å². The lowest BCUT2D eigenvalue weighted by Gasteiger charge is -2.31. The number of benzene rings is 2. The van der Waals surface area contributed by atoms with E-state index in [0.717, 1.165) is 52.8 Å². The summed E-state index contributed by atoms with van der Waals surface area (Å²) in [5.41, 5.74) is 7.22. The molecule has 0 heterocycles. The summed E-state index contributed by atoms with van der Waals surface area (Å²) in [6.45, 7) is 10.2. The van der Waals surface area contributed by atoms with Gasteiger partial charge in [0.15, 0.2) is 0 Å². The van der Waals surface area contributed by atoms with Crippen molar-refractivity contribution in [2.45, 2.75) is 40.0 Å². The van der Waals surface area contributed by atoms with Crippen LogP contribution in [0, 0.1) is 10.8 Å².